The minimum absolute atomic E-state index is 0.0179. The topological polar surface area (TPSA) is 129 Å². The van der Waals surface area contributed by atoms with Crippen LogP contribution in [0.2, 0.25) is 0 Å². The van der Waals surface area contributed by atoms with Gasteiger partial charge in [-0.1, -0.05) is 17.3 Å². The largest absolute Gasteiger partial charge is 0.347 e. The molecule has 3 N–H and O–H groups in total. The van der Waals surface area contributed by atoms with Crippen LogP contribution >= 0.6 is 0 Å². The van der Waals surface area contributed by atoms with Crippen LogP contribution in [0.25, 0.3) is 0 Å². The summed E-state index contributed by atoms with van der Waals surface area (Å²) in [5, 5.41) is 20.8. The number of carbonyl (C=O) groups excluding carboxylic acids is 1. The molecule has 0 spiro atoms. The Kier molecular flexibility index (Phi) is 4.57. The van der Waals surface area contributed by atoms with Gasteiger partial charge in [0.2, 0.25) is 0 Å². The summed E-state index contributed by atoms with van der Waals surface area (Å²) in [4.78, 5) is 22.0. The fourth-order valence-electron chi connectivity index (χ4n) is 1.70. The number of aromatic nitrogens is 3. The van der Waals surface area contributed by atoms with Crippen LogP contribution in [0.4, 0.5) is 5.69 Å². The molecule has 110 valence electrons. The quantitative estimate of drug-likeness (QED) is 0.572. The molecule has 0 unspecified atom stereocenters. The zero-order chi connectivity index (χ0) is 15.2. The second-order valence-electron chi connectivity index (χ2n) is 4.27. The summed E-state index contributed by atoms with van der Waals surface area (Å²) < 4.78 is 1.47. The number of hydrogen-bond acceptors (Lipinski definition) is 6. The zero-order valence-corrected chi connectivity index (χ0v) is 11.1. The van der Waals surface area contributed by atoms with Gasteiger partial charge in [-0.05, 0) is 5.56 Å². The highest BCUT2D eigenvalue weighted by Gasteiger charge is 2.11. The van der Waals surface area contributed by atoms with Crippen LogP contribution in [-0.2, 0) is 13.1 Å². The Labute approximate surface area is 119 Å². The van der Waals surface area contributed by atoms with E-state index in [1.807, 2.05) is 0 Å². The minimum Gasteiger partial charge on any atom is -0.347 e. The summed E-state index contributed by atoms with van der Waals surface area (Å²) in [6.07, 6.45) is 1.50. The fourth-order valence-corrected chi connectivity index (χ4v) is 1.70. The first-order chi connectivity index (χ1) is 10.1. The third-order valence-electron chi connectivity index (χ3n) is 2.70. The van der Waals surface area contributed by atoms with E-state index in [1.165, 1.54) is 23.0 Å². The third-order valence-corrected chi connectivity index (χ3v) is 2.70. The van der Waals surface area contributed by atoms with Gasteiger partial charge in [-0.15, -0.1) is 5.10 Å². The first-order valence-electron chi connectivity index (χ1n) is 6.22. The molecular weight excluding hydrogens is 276 g/mol. The Morgan fingerprint density at radius 3 is 3.00 bits per heavy atom. The maximum atomic E-state index is 11.9. The summed E-state index contributed by atoms with van der Waals surface area (Å²) in [5.74, 6) is -0.398. The Morgan fingerprint density at radius 1 is 1.48 bits per heavy atom. The van der Waals surface area contributed by atoms with E-state index >= 15 is 0 Å². The molecule has 1 aromatic carbocycles. The number of nitro benzene ring substituents is 1. The molecular formula is C12H14N6O3. The van der Waals surface area contributed by atoms with Gasteiger partial charge in [-0.25, -0.2) is 0 Å². The van der Waals surface area contributed by atoms with Crippen molar-refractivity contribution in [3.05, 3.63) is 51.8 Å². The maximum Gasteiger partial charge on any atom is 0.273 e. The molecule has 1 heterocycles. The molecule has 0 radical (unpaired) electrons. The zero-order valence-electron chi connectivity index (χ0n) is 11.1. The second-order valence-corrected chi connectivity index (χ2v) is 4.27. The van der Waals surface area contributed by atoms with E-state index in [4.69, 9.17) is 5.73 Å². The molecule has 1 aromatic heterocycles. The minimum atomic E-state index is -0.482. The van der Waals surface area contributed by atoms with E-state index in [2.05, 4.69) is 15.6 Å². The van der Waals surface area contributed by atoms with Gasteiger partial charge in [0.25, 0.3) is 11.6 Å². The lowest BCUT2D eigenvalue weighted by molar-refractivity contribution is -0.384. The number of hydrogen-bond donors (Lipinski definition) is 2. The van der Waals surface area contributed by atoms with E-state index in [1.54, 1.807) is 12.1 Å². The van der Waals surface area contributed by atoms with Gasteiger partial charge in [0.15, 0.2) is 5.69 Å². The number of nitro groups is 1. The van der Waals surface area contributed by atoms with Crippen molar-refractivity contribution >= 4 is 11.6 Å². The number of carbonyl (C=O) groups is 1. The fraction of sp³-hybridized carbons (Fsp3) is 0.250. The Hall–Kier alpha value is -2.81. The van der Waals surface area contributed by atoms with Crippen molar-refractivity contribution in [2.24, 2.45) is 5.73 Å². The van der Waals surface area contributed by atoms with E-state index in [0.29, 0.717) is 18.7 Å². The molecule has 0 atom stereocenters. The number of non-ortho nitro benzene ring substituents is 1. The Morgan fingerprint density at radius 2 is 2.29 bits per heavy atom. The normalized spacial score (nSPS) is 10.3. The van der Waals surface area contributed by atoms with Gasteiger partial charge < -0.3 is 11.1 Å². The molecule has 0 saturated heterocycles. The van der Waals surface area contributed by atoms with Crippen molar-refractivity contribution in [1.82, 2.24) is 20.3 Å². The lowest BCUT2D eigenvalue weighted by Gasteiger charge is -2.03. The predicted molar refractivity (Wildman–Crippen MR) is 73.3 cm³/mol. The van der Waals surface area contributed by atoms with Gasteiger partial charge in [0.05, 0.1) is 17.7 Å². The smallest absolute Gasteiger partial charge is 0.273 e. The van der Waals surface area contributed by atoms with Crippen LogP contribution in [0.1, 0.15) is 16.1 Å². The van der Waals surface area contributed by atoms with Crippen LogP contribution < -0.4 is 11.1 Å². The lowest BCUT2D eigenvalue weighted by atomic mass is 10.2. The number of nitrogens with two attached hydrogens (primary N) is 1. The van der Waals surface area contributed by atoms with Crippen molar-refractivity contribution in [3.63, 3.8) is 0 Å². The Bertz CT molecular complexity index is 654. The average Bonchev–Trinajstić information content (AvgIpc) is 2.94. The summed E-state index contributed by atoms with van der Waals surface area (Å²) in [6.45, 7) is 1.05. The van der Waals surface area contributed by atoms with E-state index in [0.717, 1.165) is 0 Å². The lowest BCUT2D eigenvalue weighted by Crippen LogP contribution is -2.23. The summed E-state index contributed by atoms with van der Waals surface area (Å²) in [7, 11) is 0. The molecule has 0 fully saturated rings. The number of nitrogens with one attached hydrogen (secondary N) is 1. The number of rotatable bonds is 6. The van der Waals surface area contributed by atoms with Crippen LogP contribution in [0.3, 0.4) is 0 Å². The van der Waals surface area contributed by atoms with E-state index in [-0.39, 0.29) is 17.9 Å². The third kappa shape index (κ3) is 3.83. The first-order valence-corrected chi connectivity index (χ1v) is 6.22. The highest BCUT2D eigenvalue weighted by Crippen LogP contribution is 2.12. The SMILES string of the molecule is NCCn1cc(C(=O)NCc2cccc([N+](=O)[O-])c2)nn1. The van der Waals surface area contributed by atoms with Gasteiger partial charge in [-0.2, -0.15) is 0 Å². The molecule has 0 saturated carbocycles. The van der Waals surface area contributed by atoms with E-state index < -0.39 is 10.8 Å². The number of nitrogens with zero attached hydrogens (tertiary/aromatic N) is 4. The van der Waals surface area contributed by atoms with Gasteiger partial charge in [0.1, 0.15) is 0 Å². The van der Waals surface area contributed by atoms with Crippen molar-refractivity contribution < 1.29 is 9.72 Å². The van der Waals surface area contributed by atoms with Crippen LogP contribution in [-0.4, -0.2) is 32.4 Å². The maximum absolute atomic E-state index is 11.9. The van der Waals surface area contributed by atoms with Crippen LogP contribution in [0, 0.1) is 10.1 Å². The summed E-state index contributed by atoms with van der Waals surface area (Å²) in [5.41, 5.74) is 6.16. The highest BCUT2D eigenvalue weighted by atomic mass is 16.6. The second kappa shape index (κ2) is 6.57. The van der Waals surface area contributed by atoms with Gasteiger partial charge in [0, 0.05) is 25.2 Å². The van der Waals surface area contributed by atoms with Crippen LogP contribution in [0.5, 0.6) is 0 Å². The van der Waals surface area contributed by atoms with Crippen molar-refractivity contribution in [2.45, 2.75) is 13.1 Å². The monoisotopic (exact) mass is 290 g/mol. The molecule has 2 rings (SSSR count). The molecule has 0 bridgehead atoms. The summed E-state index contributed by atoms with van der Waals surface area (Å²) >= 11 is 0. The van der Waals surface area contributed by atoms with Crippen molar-refractivity contribution in [1.29, 1.82) is 0 Å². The molecule has 0 aliphatic rings. The van der Waals surface area contributed by atoms with Gasteiger partial charge >= 0.3 is 0 Å². The average molecular weight is 290 g/mol. The molecule has 0 aliphatic carbocycles. The van der Waals surface area contributed by atoms with Crippen molar-refractivity contribution in [3.8, 4) is 0 Å². The molecule has 9 nitrogen and oxygen atoms in total. The van der Waals surface area contributed by atoms with Crippen molar-refractivity contribution in [2.75, 3.05) is 6.54 Å². The molecule has 2 aromatic rings. The van der Waals surface area contributed by atoms with E-state index in [9.17, 15) is 14.9 Å². The summed E-state index contributed by atoms with van der Waals surface area (Å²) in [6, 6.07) is 6.06. The molecule has 9 heteroatoms. The molecule has 0 aliphatic heterocycles. The molecule has 1 amide bonds. The highest BCUT2D eigenvalue weighted by molar-refractivity contribution is 5.91. The predicted octanol–water partition coefficient (Wildman–Crippen LogP) is 0.0750. The number of benzene rings is 1. The standard InChI is InChI=1S/C12H14N6O3/c13-4-5-17-8-11(15-16-17)12(19)14-7-9-2-1-3-10(6-9)18(20)21/h1-3,6,8H,4-5,7,13H2,(H,14,19). The van der Waals surface area contributed by atoms with Crippen LogP contribution in [0.15, 0.2) is 30.5 Å². The Balaban J connectivity index is 1.97. The van der Waals surface area contributed by atoms with Gasteiger partial charge in [-0.3, -0.25) is 19.6 Å². The number of amides is 1. The first kappa shape index (κ1) is 14.6. The molecule has 21 heavy (non-hydrogen) atoms.